The van der Waals surface area contributed by atoms with Crippen LogP contribution < -0.4 is 5.73 Å². The minimum atomic E-state index is -4.44. The van der Waals surface area contributed by atoms with Gasteiger partial charge < -0.3 is 5.73 Å². The van der Waals surface area contributed by atoms with Crippen LogP contribution in [-0.4, -0.2) is 9.55 Å². The smallest absolute Gasteiger partial charge is 0.397 e. The number of halogens is 3. The van der Waals surface area contributed by atoms with Crippen LogP contribution in [0, 0.1) is 6.92 Å². The molecule has 6 heteroatoms. The highest BCUT2D eigenvalue weighted by Gasteiger charge is 2.32. The molecule has 3 rings (SSSR count). The topological polar surface area (TPSA) is 43.8 Å². The van der Waals surface area contributed by atoms with Gasteiger partial charge in [-0.2, -0.15) is 13.2 Å². The number of benzene rings is 2. The van der Waals surface area contributed by atoms with Crippen LogP contribution in [0.4, 0.5) is 18.9 Å². The van der Waals surface area contributed by atoms with Gasteiger partial charge in [-0.05, 0) is 31.2 Å². The van der Waals surface area contributed by atoms with E-state index >= 15 is 0 Å². The van der Waals surface area contributed by atoms with Crippen molar-refractivity contribution in [2.24, 2.45) is 0 Å². The second-order valence-electron chi connectivity index (χ2n) is 4.76. The van der Waals surface area contributed by atoms with Gasteiger partial charge >= 0.3 is 6.18 Å². The van der Waals surface area contributed by atoms with Gasteiger partial charge in [0.15, 0.2) is 0 Å². The fourth-order valence-electron chi connectivity index (χ4n) is 2.41. The lowest BCUT2D eigenvalue weighted by atomic mass is 10.1. The lowest BCUT2D eigenvalue weighted by molar-refractivity contribution is -0.137. The Bertz CT molecular complexity index is 804. The van der Waals surface area contributed by atoms with Crippen LogP contribution in [0.5, 0.6) is 0 Å². The highest BCUT2D eigenvalue weighted by atomic mass is 19.4. The minimum absolute atomic E-state index is 0.0595. The zero-order chi connectivity index (χ0) is 15.2. The lowest BCUT2D eigenvalue weighted by Crippen LogP contribution is -2.06. The molecule has 0 amide bonds. The van der Waals surface area contributed by atoms with Gasteiger partial charge in [0.25, 0.3) is 0 Å². The van der Waals surface area contributed by atoms with Gasteiger partial charge in [-0.1, -0.05) is 18.2 Å². The molecular formula is C15H12F3N3. The van der Waals surface area contributed by atoms with Gasteiger partial charge in [-0.3, -0.25) is 4.57 Å². The van der Waals surface area contributed by atoms with Crippen LogP contribution >= 0.6 is 0 Å². The average Bonchev–Trinajstić information content (AvgIpc) is 2.75. The first-order valence-corrected chi connectivity index (χ1v) is 6.29. The van der Waals surface area contributed by atoms with Crippen LogP contribution in [0.1, 0.15) is 11.4 Å². The summed E-state index contributed by atoms with van der Waals surface area (Å²) in [5.41, 5.74) is 6.66. The number of aryl methyl sites for hydroxylation is 1. The molecule has 1 aromatic heterocycles. The number of imidazole rings is 1. The molecule has 0 bridgehead atoms. The van der Waals surface area contributed by atoms with Crippen molar-refractivity contribution in [3.8, 4) is 5.69 Å². The third kappa shape index (κ3) is 2.22. The van der Waals surface area contributed by atoms with Crippen LogP contribution in [0.2, 0.25) is 0 Å². The van der Waals surface area contributed by atoms with Crippen molar-refractivity contribution in [3.05, 3.63) is 53.9 Å². The average molecular weight is 291 g/mol. The quantitative estimate of drug-likeness (QED) is 0.690. The van der Waals surface area contributed by atoms with Crippen LogP contribution in [0.15, 0.2) is 42.5 Å². The predicted molar refractivity (Wildman–Crippen MR) is 75.2 cm³/mol. The third-order valence-electron chi connectivity index (χ3n) is 3.29. The summed E-state index contributed by atoms with van der Waals surface area (Å²) in [7, 11) is 0. The first kappa shape index (κ1) is 13.5. The van der Waals surface area contributed by atoms with Gasteiger partial charge in [0.05, 0.1) is 22.3 Å². The Labute approximate surface area is 118 Å². The third-order valence-corrected chi connectivity index (χ3v) is 3.29. The summed E-state index contributed by atoms with van der Waals surface area (Å²) in [5, 5.41) is 0. The van der Waals surface area contributed by atoms with E-state index in [1.54, 1.807) is 11.5 Å². The van der Waals surface area contributed by atoms with E-state index in [0.29, 0.717) is 11.3 Å². The van der Waals surface area contributed by atoms with E-state index in [2.05, 4.69) is 4.98 Å². The zero-order valence-electron chi connectivity index (χ0n) is 11.1. The Morgan fingerprint density at radius 2 is 1.76 bits per heavy atom. The van der Waals surface area contributed by atoms with Crippen LogP contribution in [0.25, 0.3) is 16.7 Å². The number of rotatable bonds is 1. The zero-order valence-corrected chi connectivity index (χ0v) is 11.1. The molecule has 0 saturated heterocycles. The number of aromatic nitrogens is 2. The van der Waals surface area contributed by atoms with Crippen LogP contribution in [0.3, 0.4) is 0 Å². The maximum absolute atomic E-state index is 12.8. The second-order valence-corrected chi connectivity index (χ2v) is 4.76. The first-order chi connectivity index (χ1) is 9.88. The van der Waals surface area contributed by atoms with E-state index in [4.69, 9.17) is 5.73 Å². The predicted octanol–water partition coefficient (Wildman–Crippen LogP) is 3.93. The molecule has 0 spiro atoms. The number of hydrogen-bond donors (Lipinski definition) is 1. The van der Waals surface area contributed by atoms with E-state index in [1.807, 2.05) is 30.3 Å². The van der Waals surface area contributed by atoms with E-state index in [9.17, 15) is 13.2 Å². The van der Waals surface area contributed by atoms with Gasteiger partial charge in [0, 0.05) is 5.69 Å². The maximum atomic E-state index is 12.8. The van der Waals surface area contributed by atoms with Gasteiger partial charge in [0.1, 0.15) is 5.82 Å². The van der Waals surface area contributed by atoms with Gasteiger partial charge in [-0.25, -0.2) is 4.98 Å². The van der Waals surface area contributed by atoms with Crippen molar-refractivity contribution < 1.29 is 13.2 Å². The summed E-state index contributed by atoms with van der Waals surface area (Å²) >= 11 is 0. The molecular weight excluding hydrogens is 279 g/mol. The Hall–Kier alpha value is -2.50. The molecule has 108 valence electrons. The number of nitrogens with two attached hydrogens (primary N) is 1. The molecule has 0 atom stereocenters. The molecule has 0 unspecified atom stereocenters. The highest BCUT2D eigenvalue weighted by molar-refractivity contribution is 5.90. The normalized spacial score (nSPS) is 12.0. The molecule has 0 aliphatic rings. The second kappa shape index (κ2) is 4.51. The Morgan fingerprint density at radius 3 is 2.38 bits per heavy atom. The monoisotopic (exact) mass is 291 g/mol. The van der Waals surface area contributed by atoms with Crippen molar-refractivity contribution in [2.75, 3.05) is 5.73 Å². The number of hydrogen-bond acceptors (Lipinski definition) is 2. The highest BCUT2D eigenvalue weighted by Crippen LogP contribution is 2.35. The Balaban J connectivity index is 2.32. The standard InChI is InChI=1S/C15H12F3N3/c1-9-20-13-8-10(15(16,17)18)7-12(19)14(13)21(9)11-5-3-2-4-6-11/h2-8H,19H2,1H3. The number of nitrogens with zero attached hydrogens (tertiary/aromatic N) is 2. The largest absolute Gasteiger partial charge is 0.416 e. The van der Waals surface area contributed by atoms with Crippen molar-refractivity contribution >= 4 is 16.7 Å². The van der Waals surface area contributed by atoms with Crippen molar-refractivity contribution in [2.45, 2.75) is 13.1 Å². The Morgan fingerprint density at radius 1 is 1.10 bits per heavy atom. The molecule has 0 fully saturated rings. The van der Waals surface area contributed by atoms with Gasteiger partial charge in [-0.15, -0.1) is 0 Å². The first-order valence-electron chi connectivity index (χ1n) is 6.29. The summed E-state index contributed by atoms with van der Waals surface area (Å²) in [6, 6.07) is 11.2. The molecule has 21 heavy (non-hydrogen) atoms. The number of anilines is 1. The number of alkyl halides is 3. The van der Waals surface area contributed by atoms with E-state index in [1.165, 1.54) is 0 Å². The fraction of sp³-hybridized carbons (Fsp3) is 0.133. The van der Waals surface area contributed by atoms with Crippen molar-refractivity contribution in [1.29, 1.82) is 0 Å². The number of nitrogen functional groups attached to an aromatic ring is 1. The van der Waals surface area contributed by atoms with E-state index in [-0.39, 0.29) is 11.2 Å². The SMILES string of the molecule is Cc1nc2cc(C(F)(F)F)cc(N)c2n1-c1ccccc1. The molecule has 0 saturated carbocycles. The molecule has 0 aliphatic heterocycles. The molecule has 0 radical (unpaired) electrons. The Kier molecular flexibility index (Phi) is 2.90. The molecule has 0 aliphatic carbocycles. The minimum Gasteiger partial charge on any atom is -0.397 e. The van der Waals surface area contributed by atoms with E-state index < -0.39 is 11.7 Å². The van der Waals surface area contributed by atoms with Gasteiger partial charge in [0.2, 0.25) is 0 Å². The number of fused-ring (bicyclic) bond motifs is 1. The molecule has 2 aromatic carbocycles. The molecule has 3 nitrogen and oxygen atoms in total. The summed E-state index contributed by atoms with van der Waals surface area (Å²) < 4.78 is 40.3. The maximum Gasteiger partial charge on any atom is 0.416 e. The van der Waals surface area contributed by atoms with Crippen LogP contribution in [-0.2, 0) is 6.18 Å². The van der Waals surface area contributed by atoms with E-state index in [0.717, 1.165) is 17.8 Å². The molecule has 1 heterocycles. The summed E-state index contributed by atoms with van der Waals surface area (Å²) in [5.74, 6) is 0.585. The lowest BCUT2D eigenvalue weighted by Gasteiger charge is -2.11. The summed E-state index contributed by atoms with van der Waals surface area (Å²) in [6.07, 6.45) is -4.44. The van der Waals surface area contributed by atoms with Crippen molar-refractivity contribution in [3.63, 3.8) is 0 Å². The summed E-state index contributed by atoms with van der Waals surface area (Å²) in [6.45, 7) is 1.74. The molecule has 3 aromatic rings. The summed E-state index contributed by atoms with van der Waals surface area (Å²) in [4.78, 5) is 4.21. The van der Waals surface area contributed by atoms with Crippen molar-refractivity contribution in [1.82, 2.24) is 9.55 Å². The molecule has 2 N–H and O–H groups in total. The number of para-hydroxylation sites is 1. The fourth-order valence-corrected chi connectivity index (χ4v) is 2.41.